The molecule has 49 valence electrons. The minimum atomic E-state index is -4.64. The van der Waals surface area contributed by atoms with Crippen molar-refractivity contribution in [3.63, 3.8) is 0 Å². The van der Waals surface area contributed by atoms with Crippen LogP contribution in [0, 0.1) is 0 Å². The van der Waals surface area contributed by atoms with Gasteiger partial charge in [-0.15, -0.1) is 0 Å². The van der Waals surface area contributed by atoms with Crippen LogP contribution in [0.15, 0.2) is 0 Å². The fraction of sp³-hybridized carbons (Fsp3) is 0. The fourth-order valence-electron chi connectivity index (χ4n) is 0. The van der Waals surface area contributed by atoms with Crippen LogP contribution in [0.4, 0.5) is 0 Å². The molecule has 0 aliphatic heterocycles. The first-order valence-corrected chi connectivity index (χ1v) is 2.35. The zero-order valence-electron chi connectivity index (χ0n) is 2.58. The van der Waals surface area contributed by atoms with E-state index in [4.69, 9.17) is 19.2 Å². The summed E-state index contributed by atoms with van der Waals surface area (Å²) in [5.41, 5.74) is 0. The second-order valence-corrected chi connectivity index (χ2v) is 1.54. The Labute approximate surface area is 108 Å². The van der Waals surface area contributed by atoms with Gasteiger partial charge in [-0.25, -0.2) is 4.57 Å². The van der Waals surface area contributed by atoms with Gasteiger partial charge in [-0.1, -0.05) is 0 Å². The van der Waals surface area contributed by atoms with Gasteiger partial charge in [-0.2, -0.15) is 0 Å². The Balaban J connectivity index is -0.0000000133. The summed E-state index contributed by atoms with van der Waals surface area (Å²) in [7, 11) is -4.64. The Bertz CT molecular complexity index is 66.7. The maximum atomic E-state index is 8.88. The monoisotopic (exact) mass is 215 g/mol. The molecule has 0 aliphatic carbocycles. The van der Waals surface area contributed by atoms with Crippen molar-refractivity contribution in [2.24, 2.45) is 0 Å². The summed E-state index contributed by atoms with van der Waals surface area (Å²) in [5.74, 6) is 0. The Hall–Kier alpha value is 2.76. The van der Waals surface area contributed by atoms with Crippen molar-refractivity contribution >= 4 is 73.6 Å². The molecule has 0 aromatic heterocycles. The quantitative estimate of drug-likeness (QED) is 0.290. The SMILES string of the molecule is O=P(O)(O)O.[AlH3].[LiH].[Mn].[NaH]. The average Bonchev–Trinajstić information content (AvgIpc) is 0.722. The van der Waals surface area contributed by atoms with Crippen molar-refractivity contribution in [1.29, 1.82) is 0 Å². The molecule has 0 rings (SSSR count). The van der Waals surface area contributed by atoms with Crippen LogP contribution in [0.1, 0.15) is 0 Å². The van der Waals surface area contributed by atoms with Gasteiger partial charge in [-0.05, 0) is 0 Å². The third kappa shape index (κ3) is 108. The fourth-order valence-corrected chi connectivity index (χ4v) is 0. The van der Waals surface area contributed by atoms with E-state index >= 15 is 0 Å². The molecule has 0 aromatic rings. The van der Waals surface area contributed by atoms with E-state index in [1.807, 2.05) is 0 Å². The molecule has 0 heterocycles. The van der Waals surface area contributed by atoms with E-state index in [0.29, 0.717) is 0 Å². The first-order valence-electron chi connectivity index (χ1n) is 0.783. The van der Waals surface area contributed by atoms with Crippen LogP contribution < -0.4 is 0 Å². The summed E-state index contributed by atoms with van der Waals surface area (Å²) in [6.07, 6.45) is 0. The molecule has 0 saturated carbocycles. The minimum absolute atomic E-state index is 0. The molecule has 0 bridgehead atoms. The molecule has 0 fully saturated rings. The summed E-state index contributed by atoms with van der Waals surface area (Å²) in [5, 5.41) is 0. The van der Waals surface area contributed by atoms with Gasteiger partial charge in [-0.3, -0.25) is 0 Å². The average molecular weight is 215 g/mol. The molecule has 9 heteroatoms. The maximum absolute atomic E-state index is 8.88. The summed E-state index contributed by atoms with van der Waals surface area (Å²) in [6.45, 7) is 0. The van der Waals surface area contributed by atoms with Crippen LogP contribution in [-0.4, -0.2) is 80.5 Å². The molecular weight excluding hydrogens is 207 g/mol. The van der Waals surface area contributed by atoms with Crippen LogP contribution in [0.3, 0.4) is 0 Å². The second-order valence-electron chi connectivity index (χ2n) is 0.513. The Kier molecular flexibility index (Phi) is 44.2. The summed E-state index contributed by atoms with van der Waals surface area (Å²) >= 11 is 0. The van der Waals surface area contributed by atoms with E-state index in [1.54, 1.807) is 0 Å². The normalized spacial score (nSPS) is 6.56. The molecule has 0 saturated heterocycles. The third-order valence-electron chi connectivity index (χ3n) is 0. The third-order valence-corrected chi connectivity index (χ3v) is 0. The van der Waals surface area contributed by atoms with Crippen molar-refractivity contribution in [3.05, 3.63) is 0 Å². The zero-order chi connectivity index (χ0) is 4.50. The van der Waals surface area contributed by atoms with Gasteiger partial charge in [0.2, 0.25) is 0 Å². The first-order chi connectivity index (χ1) is 2.00. The van der Waals surface area contributed by atoms with Crippen molar-refractivity contribution < 1.29 is 36.3 Å². The topological polar surface area (TPSA) is 77.8 Å². The molecule has 0 aromatic carbocycles. The molecule has 0 unspecified atom stereocenters. The molecule has 0 amide bonds. The van der Waals surface area contributed by atoms with Crippen LogP contribution in [0.2, 0.25) is 0 Å². The van der Waals surface area contributed by atoms with Crippen molar-refractivity contribution in [2.75, 3.05) is 0 Å². The molecule has 0 spiro atoms. The van der Waals surface area contributed by atoms with Crippen LogP contribution >= 0.6 is 7.82 Å². The molecule has 4 nitrogen and oxygen atoms in total. The van der Waals surface area contributed by atoms with Gasteiger partial charge < -0.3 is 14.7 Å². The molecular formula is H8AlLiMnNaO4P. The van der Waals surface area contributed by atoms with Crippen LogP contribution in [0.5, 0.6) is 0 Å². The predicted molar refractivity (Wildman–Crippen MR) is 38.5 cm³/mol. The molecule has 0 aliphatic rings. The van der Waals surface area contributed by atoms with E-state index in [-0.39, 0.29) is 82.8 Å². The van der Waals surface area contributed by atoms with Gasteiger partial charge in [0.25, 0.3) is 0 Å². The van der Waals surface area contributed by atoms with Gasteiger partial charge in [0.15, 0.2) is 17.4 Å². The van der Waals surface area contributed by atoms with Crippen molar-refractivity contribution in [3.8, 4) is 0 Å². The van der Waals surface area contributed by atoms with Crippen molar-refractivity contribution in [2.45, 2.75) is 0 Å². The van der Waals surface area contributed by atoms with Crippen molar-refractivity contribution in [1.82, 2.24) is 0 Å². The standard InChI is InChI=1S/Al.Li.Mn.Na.H3O4P.5H/c;;;;1-5(2,3)4;;;;;/h;;;;(H3,1,2,3,4);;;;;. The molecule has 9 heavy (non-hydrogen) atoms. The second kappa shape index (κ2) is 13.4. The Morgan fingerprint density at radius 2 is 1.11 bits per heavy atom. The number of hydrogen-bond donors (Lipinski definition) is 3. The van der Waals surface area contributed by atoms with E-state index in [0.717, 1.165) is 0 Å². The Morgan fingerprint density at radius 3 is 1.11 bits per heavy atom. The summed E-state index contributed by atoms with van der Waals surface area (Å²) in [4.78, 5) is 21.6. The molecule has 0 atom stereocenters. The van der Waals surface area contributed by atoms with Gasteiger partial charge in [0.1, 0.15) is 0 Å². The summed E-state index contributed by atoms with van der Waals surface area (Å²) in [6, 6.07) is 0. The van der Waals surface area contributed by atoms with E-state index < -0.39 is 7.82 Å². The first kappa shape index (κ1) is 29.8. The van der Waals surface area contributed by atoms with Gasteiger partial charge in [0.05, 0.1) is 0 Å². The van der Waals surface area contributed by atoms with Gasteiger partial charge in [0, 0.05) is 17.1 Å². The Morgan fingerprint density at radius 1 is 1.11 bits per heavy atom. The zero-order valence-corrected chi connectivity index (χ0v) is 4.65. The predicted octanol–water partition coefficient (Wildman–Crippen LogP) is -3.41. The number of hydrogen-bond acceptors (Lipinski definition) is 1. The van der Waals surface area contributed by atoms with Crippen LogP contribution in [0.25, 0.3) is 0 Å². The van der Waals surface area contributed by atoms with E-state index in [1.165, 1.54) is 0 Å². The molecule has 3 N–H and O–H groups in total. The van der Waals surface area contributed by atoms with E-state index in [2.05, 4.69) is 0 Å². The van der Waals surface area contributed by atoms with E-state index in [9.17, 15) is 0 Å². The number of phosphoric acid groups is 1. The van der Waals surface area contributed by atoms with Crippen LogP contribution in [-0.2, 0) is 21.6 Å². The number of rotatable bonds is 0. The summed E-state index contributed by atoms with van der Waals surface area (Å²) < 4.78 is 8.88. The van der Waals surface area contributed by atoms with Gasteiger partial charge >= 0.3 is 56.2 Å². The molecule has 1 radical (unpaired) electrons.